The summed E-state index contributed by atoms with van der Waals surface area (Å²) in [7, 11) is 1.81. The van der Waals surface area contributed by atoms with E-state index in [4.69, 9.17) is 0 Å². The quantitative estimate of drug-likeness (QED) is 0.378. The molecule has 0 aliphatic carbocycles. The molecule has 126 valence electrons. The van der Waals surface area contributed by atoms with Gasteiger partial charge in [0.1, 0.15) is 12.2 Å². The molecule has 3 N–H and O–H groups in total. The van der Waals surface area contributed by atoms with Crippen molar-refractivity contribution in [2.45, 2.75) is 20.0 Å². The monoisotopic (exact) mass is 434 g/mol. The van der Waals surface area contributed by atoms with E-state index in [0.717, 1.165) is 5.82 Å². The number of guanidine groups is 1. The van der Waals surface area contributed by atoms with Crippen LogP contribution >= 0.6 is 24.0 Å². The normalized spacial score (nSPS) is 11.0. The molecule has 23 heavy (non-hydrogen) atoms. The molecule has 0 spiro atoms. The van der Waals surface area contributed by atoms with E-state index in [2.05, 4.69) is 25.7 Å². The van der Waals surface area contributed by atoms with Gasteiger partial charge in [-0.1, -0.05) is 6.07 Å². The maximum Gasteiger partial charge on any atom is 0.191 e. The Kier molecular flexibility index (Phi) is 7.72. The lowest BCUT2D eigenvalue weighted by atomic mass is 10.2. The van der Waals surface area contributed by atoms with Crippen LogP contribution in [0.4, 0.5) is 4.39 Å². The second kappa shape index (κ2) is 9.28. The molecule has 0 bridgehead atoms. The first kappa shape index (κ1) is 19.1. The molecule has 1 aromatic heterocycles. The van der Waals surface area contributed by atoms with Gasteiger partial charge in [-0.25, -0.2) is 14.4 Å². The number of rotatable bonds is 5. The average molecular weight is 434 g/mol. The molecule has 0 unspecified atom stereocenters. The van der Waals surface area contributed by atoms with Crippen LogP contribution in [0.2, 0.25) is 0 Å². The molecule has 0 amide bonds. The molecule has 0 fully saturated rings. The van der Waals surface area contributed by atoms with Gasteiger partial charge in [-0.05, 0) is 24.6 Å². The average Bonchev–Trinajstić information content (AvgIpc) is 2.91. The van der Waals surface area contributed by atoms with Gasteiger partial charge in [0, 0.05) is 13.6 Å². The Hall–Kier alpha value is -1.91. The smallest absolute Gasteiger partial charge is 0.191 e. The summed E-state index contributed by atoms with van der Waals surface area (Å²) in [5.41, 5.74) is 0.672. The van der Waals surface area contributed by atoms with Gasteiger partial charge in [0.2, 0.25) is 0 Å². The number of phenols is 1. The van der Waals surface area contributed by atoms with Crippen LogP contribution in [0.3, 0.4) is 0 Å². The summed E-state index contributed by atoms with van der Waals surface area (Å²) < 4.78 is 15.0. The molecule has 7 nitrogen and oxygen atoms in total. The molecule has 0 saturated heterocycles. The van der Waals surface area contributed by atoms with Crippen molar-refractivity contribution in [3.63, 3.8) is 0 Å². The summed E-state index contributed by atoms with van der Waals surface area (Å²) in [6, 6.07) is 4.22. The molecule has 0 aliphatic rings. The van der Waals surface area contributed by atoms with Gasteiger partial charge >= 0.3 is 0 Å². The lowest BCUT2D eigenvalue weighted by Crippen LogP contribution is -2.37. The highest BCUT2D eigenvalue weighted by Crippen LogP contribution is 2.16. The number of aryl methyl sites for hydroxylation is 1. The SMILES string of the molecule is CCNC(=NCc1ccc(O)c(F)c1)NCc1ncnn1C.I. The Morgan fingerprint density at radius 1 is 1.39 bits per heavy atom. The lowest BCUT2D eigenvalue weighted by molar-refractivity contribution is 0.432. The molecule has 9 heteroatoms. The fourth-order valence-corrected chi connectivity index (χ4v) is 1.80. The minimum Gasteiger partial charge on any atom is -0.505 e. The van der Waals surface area contributed by atoms with Crippen molar-refractivity contribution < 1.29 is 9.50 Å². The van der Waals surface area contributed by atoms with Gasteiger partial charge in [-0.15, -0.1) is 24.0 Å². The first-order chi connectivity index (χ1) is 10.6. The summed E-state index contributed by atoms with van der Waals surface area (Å²) in [5.74, 6) is 0.366. The molecule has 2 rings (SSSR count). The molecule has 1 aromatic carbocycles. The fraction of sp³-hybridized carbons (Fsp3) is 0.357. The van der Waals surface area contributed by atoms with Crippen molar-refractivity contribution in [3.8, 4) is 5.75 Å². The van der Waals surface area contributed by atoms with Crippen LogP contribution < -0.4 is 10.6 Å². The third kappa shape index (κ3) is 5.66. The lowest BCUT2D eigenvalue weighted by Gasteiger charge is -2.11. The molecule has 0 radical (unpaired) electrons. The van der Waals surface area contributed by atoms with Crippen LogP contribution in [0.5, 0.6) is 5.75 Å². The molecule has 1 heterocycles. The molecular formula is C14H20FIN6O. The van der Waals surface area contributed by atoms with Crippen molar-refractivity contribution in [1.82, 2.24) is 25.4 Å². The van der Waals surface area contributed by atoms with E-state index in [-0.39, 0.29) is 29.7 Å². The summed E-state index contributed by atoms with van der Waals surface area (Å²) in [6.07, 6.45) is 1.49. The molecule has 2 aromatic rings. The molecule has 0 aliphatic heterocycles. The highest BCUT2D eigenvalue weighted by molar-refractivity contribution is 14.0. The van der Waals surface area contributed by atoms with Crippen LogP contribution in [0, 0.1) is 5.82 Å². The van der Waals surface area contributed by atoms with Crippen LogP contribution in [-0.4, -0.2) is 32.4 Å². The minimum absolute atomic E-state index is 0. The molecular weight excluding hydrogens is 414 g/mol. The summed E-state index contributed by atoms with van der Waals surface area (Å²) in [5, 5.41) is 19.4. The molecule has 0 atom stereocenters. The van der Waals surface area contributed by atoms with Crippen LogP contribution in [0.1, 0.15) is 18.3 Å². The minimum atomic E-state index is -0.648. The third-order valence-corrected chi connectivity index (χ3v) is 3.00. The largest absolute Gasteiger partial charge is 0.505 e. The number of halogens is 2. The van der Waals surface area contributed by atoms with E-state index < -0.39 is 5.82 Å². The standard InChI is InChI=1S/C14H19FN6O.HI/c1-3-16-14(18-8-13-19-9-20-21(13)2)17-7-10-4-5-12(22)11(15)6-10;/h4-6,9,22H,3,7-8H2,1-2H3,(H2,16,17,18);1H. The van der Waals surface area contributed by atoms with E-state index >= 15 is 0 Å². The summed E-state index contributed by atoms with van der Waals surface area (Å²) >= 11 is 0. The Bertz CT molecular complexity index is 660. The summed E-state index contributed by atoms with van der Waals surface area (Å²) in [6.45, 7) is 3.44. The van der Waals surface area contributed by atoms with Gasteiger partial charge < -0.3 is 15.7 Å². The highest BCUT2D eigenvalue weighted by Gasteiger charge is 2.04. The topological polar surface area (TPSA) is 87.4 Å². The van der Waals surface area contributed by atoms with Crippen molar-refractivity contribution in [3.05, 3.63) is 41.7 Å². The van der Waals surface area contributed by atoms with E-state index in [1.807, 2.05) is 14.0 Å². The Labute approximate surface area is 151 Å². The van der Waals surface area contributed by atoms with Crippen molar-refractivity contribution in [1.29, 1.82) is 0 Å². The number of nitrogens with zero attached hydrogens (tertiary/aromatic N) is 4. The second-order valence-electron chi connectivity index (χ2n) is 4.63. The predicted molar refractivity (Wildman–Crippen MR) is 96.1 cm³/mol. The van der Waals surface area contributed by atoms with Gasteiger partial charge in [0.15, 0.2) is 17.5 Å². The predicted octanol–water partition coefficient (Wildman–Crippen LogP) is 1.53. The van der Waals surface area contributed by atoms with E-state index in [1.54, 1.807) is 10.7 Å². The molecule has 0 saturated carbocycles. The number of hydrogen-bond donors (Lipinski definition) is 3. The number of nitrogens with one attached hydrogen (secondary N) is 2. The zero-order chi connectivity index (χ0) is 15.9. The Morgan fingerprint density at radius 2 is 2.17 bits per heavy atom. The van der Waals surface area contributed by atoms with Crippen molar-refractivity contribution in [2.24, 2.45) is 12.0 Å². The zero-order valence-corrected chi connectivity index (χ0v) is 15.3. The van der Waals surface area contributed by atoms with Crippen LogP contribution in [0.25, 0.3) is 0 Å². The second-order valence-corrected chi connectivity index (χ2v) is 4.63. The van der Waals surface area contributed by atoms with E-state index in [1.165, 1.54) is 18.5 Å². The van der Waals surface area contributed by atoms with E-state index in [9.17, 15) is 9.50 Å². The van der Waals surface area contributed by atoms with Crippen LogP contribution in [0.15, 0.2) is 29.5 Å². The first-order valence-corrected chi connectivity index (χ1v) is 6.92. The zero-order valence-electron chi connectivity index (χ0n) is 13.0. The Morgan fingerprint density at radius 3 is 2.78 bits per heavy atom. The van der Waals surface area contributed by atoms with Crippen molar-refractivity contribution >= 4 is 29.9 Å². The highest BCUT2D eigenvalue weighted by atomic mass is 127. The number of aliphatic imine (C=N–C) groups is 1. The van der Waals surface area contributed by atoms with Gasteiger partial charge in [0.05, 0.1) is 13.1 Å². The Balaban J connectivity index is 0.00000264. The number of benzene rings is 1. The number of hydrogen-bond acceptors (Lipinski definition) is 4. The van der Waals surface area contributed by atoms with E-state index in [0.29, 0.717) is 31.2 Å². The maximum atomic E-state index is 13.3. The number of aromatic nitrogens is 3. The van der Waals surface area contributed by atoms with Gasteiger partial charge in [0.25, 0.3) is 0 Å². The van der Waals surface area contributed by atoms with Crippen LogP contribution in [-0.2, 0) is 20.1 Å². The first-order valence-electron chi connectivity index (χ1n) is 6.92. The summed E-state index contributed by atoms with van der Waals surface area (Å²) in [4.78, 5) is 8.49. The maximum absolute atomic E-state index is 13.3. The fourth-order valence-electron chi connectivity index (χ4n) is 1.80. The van der Waals surface area contributed by atoms with Gasteiger partial charge in [-0.3, -0.25) is 4.68 Å². The number of phenolic OH excluding ortho intramolecular Hbond substituents is 1. The number of aromatic hydroxyl groups is 1. The van der Waals surface area contributed by atoms with Gasteiger partial charge in [-0.2, -0.15) is 5.10 Å². The van der Waals surface area contributed by atoms with Crippen molar-refractivity contribution in [2.75, 3.05) is 6.54 Å². The third-order valence-electron chi connectivity index (χ3n) is 3.00.